The first-order valence-electron chi connectivity index (χ1n) is 7.12. The van der Waals surface area contributed by atoms with Crippen LogP contribution in [0, 0.1) is 10.8 Å². The molecule has 0 amide bonds. The summed E-state index contributed by atoms with van der Waals surface area (Å²) in [6.07, 6.45) is 0. The molecule has 5 nitrogen and oxygen atoms in total. The molecular weight excluding hydrogens is 288 g/mol. The molecule has 4 N–H and O–H groups in total. The van der Waals surface area contributed by atoms with Gasteiger partial charge in [-0.3, -0.25) is 5.41 Å². The minimum Gasteiger partial charge on any atom is -0.384 e. The largest absolute Gasteiger partial charge is 0.384 e. The zero-order chi connectivity index (χ0) is 16.4. The van der Waals surface area contributed by atoms with Crippen LogP contribution in [0.25, 0.3) is 22.6 Å². The number of rotatable bonds is 4. The summed E-state index contributed by atoms with van der Waals surface area (Å²) in [6, 6.07) is 16.8. The van der Waals surface area contributed by atoms with Crippen LogP contribution in [-0.2, 0) is 0 Å². The molecule has 0 unspecified atom stereocenters. The van der Waals surface area contributed by atoms with Crippen LogP contribution in [0.4, 0.5) is 0 Å². The topological polar surface area (TPSA) is 99.8 Å². The fraction of sp³-hybridized carbons (Fsp3) is 0.0556. The molecule has 1 heterocycles. The van der Waals surface area contributed by atoms with Gasteiger partial charge in [0.15, 0.2) is 5.76 Å². The van der Waals surface area contributed by atoms with Crippen molar-refractivity contribution in [3.8, 4) is 22.6 Å². The molecule has 3 rings (SSSR count). The molecule has 1 aromatic heterocycles. The van der Waals surface area contributed by atoms with E-state index in [0.717, 1.165) is 16.7 Å². The molecule has 0 radical (unpaired) electrons. The van der Waals surface area contributed by atoms with E-state index in [1.807, 2.05) is 48.5 Å². The van der Waals surface area contributed by atoms with Crippen LogP contribution in [0.2, 0.25) is 0 Å². The summed E-state index contributed by atoms with van der Waals surface area (Å²) in [6.45, 7) is 1.75. The number of benzene rings is 2. The van der Waals surface area contributed by atoms with Gasteiger partial charge in [0.1, 0.15) is 11.5 Å². The zero-order valence-corrected chi connectivity index (χ0v) is 12.6. The van der Waals surface area contributed by atoms with Gasteiger partial charge < -0.3 is 15.7 Å². The van der Waals surface area contributed by atoms with E-state index in [-0.39, 0.29) is 5.84 Å². The summed E-state index contributed by atoms with van der Waals surface area (Å²) in [5.74, 6) is 0.676. The molecule has 23 heavy (non-hydrogen) atoms. The second-order valence-electron chi connectivity index (χ2n) is 5.27. The normalized spacial score (nSPS) is 10.5. The van der Waals surface area contributed by atoms with Gasteiger partial charge in [0.2, 0.25) is 0 Å². The van der Waals surface area contributed by atoms with Crippen molar-refractivity contribution in [3.05, 3.63) is 65.7 Å². The van der Waals surface area contributed by atoms with Crippen LogP contribution >= 0.6 is 0 Å². The zero-order valence-electron chi connectivity index (χ0n) is 12.6. The maximum atomic E-state index is 7.62. The minimum absolute atomic E-state index is 0.0215. The van der Waals surface area contributed by atoms with Crippen LogP contribution < -0.4 is 5.73 Å². The van der Waals surface area contributed by atoms with Crippen LogP contribution in [0.3, 0.4) is 0 Å². The summed E-state index contributed by atoms with van der Waals surface area (Å²) in [4.78, 5) is 0. The van der Waals surface area contributed by atoms with Crippen LogP contribution in [0.5, 0.6) is 0 Å². The Morgan fingerprint density at radius 3 is 2.35 bits per heavy atom. The standard InChI is InChI=1S/C18H16N4O/c1-11(19)12-5-7-13(8-6-12)17-10-16(22-23-17)14-3-2-4-15(9-14)18(20)21/h2-10,19H,1H3,(H3,20,21). The summed E-state index contributed by atoms with van der Waals surface area (Å²) in [5, 5.41) is 19.2. The number of aromatic nitrogens is 1. The number of nitrogens with one attached hydrogen (secondary N) is 2. The predicted octanol–water partition coefficient (Wildman–Crippen LogP) is 3.68. The van der Waals surface area contributed by atoms with Gasteiger partial charge in [-0.2, -0.15) is 0 Å². The molecule has 0 aliphatic carbocycles. The van der Waals surface area contributed by atoms with Crippen molar-refractivity contribution in [1.82, 2.24) is 5.16 Å². The molecule has 0 atom stereocenters. The van der Waals surface area contributed by atoms with E-state index in [9.17, 15) is 0 Å². The molecule has 114 valence electrons. The van der Waals surface area contributed by atoms with Gasteiger partial charge in [0.05, 0.1) is 0 Å². The predicted molar refractivity (Wildman–Crippen MR) is 90.9 cm³/mol. The smallest absolute Gasteiger partial charge is 0.167 e. The first-order chi connectivity index (χ1) is 11.0. The SMILES string of the molecule is CC(=N)c1ccc(-c2cc(-c3cccc(C(=N)N)c3)no2)cc1. The highest BCUT2D eigenvalue weighted by molar-refractivity contribution is 5.97. The van der Waals surface area contributed by atoms with Crippen LogP contribution in [0.15, 0.2) is 59.1 Å². The summed E-state index contributed by atoms with van der Waals surface area (Å²) in [7, 11) is 0. The second-order valence-corrected chi connectivity index (χ2v) is 5.27. The van der Waals surface area contributed by atoms with Gasteiger partial charge in [-0.1, -0.05) is 47.6 Å². The van der Waals surface area contributed by atoms with Crippen molar-refractivity contribution in [2.24, 2.45) is 5.73 Å². The van der Waals surface area contributed by atoms with Gasteiger partial charge in [-0.05, 0) is 18.6 Å². The summed E-state index contributed by atoms with van der Waals surface area (Å²) < 4.78 is 5.42. The Kier molecular flexibility index (Phi) is 3.76. The highest BCUT2D eigenvalue weighted by Gasteiger charge is 2.10. The second kappa shape index (κ2) is 5.88. The van der Waals surface area contributed by atoms with Gasteiger partial charge >= 0.3 is 0 Å². The van der Waals surface area contributed by atoms with Crippen LogP contribution in [0.1, 0.15) is 18.1 Å². The fourth-order valence-electron chi connectivity index (χ4n) is 2.28. The number of nitrogens with two attached hydrogens (primary N) is 1. The Morgan fingerprint density at radius 2 is 1.70 bits per heavy atom. The number of amidine groups is 1. The number of hydrogen-bond donors (Lipinski definition) is 3. The third-order valence-corrected chi connectivity index (χ3v) is 3.58. The third-order valence-electron chi connectivity index (χ3n) is 3.58. The average Bonchev–Trinajstić information content (AvgIpc) is 3.05. The molecule has 0 spiro atoms. The van der Waals surface area contributed by atoms with E-state index in [1.165, 1.54) is 0 Å². The maximum absolute atomic E-state index is 7.62. The van der Waals surface area contributed by atoms with Crippen molar-refractivity contribution >= 4 is 11.5 Å². The molecular formula is C18H16N4O. The van der Waals surface area contributed by atoms with Crippen molar-refractivity contribution < 1.29 is 4.52 Å². The van der Waals surface area contributed by atoms with E-state index in [4.69, 9.17) is 21.1 Å². The Bertz CT molecular complexity index is 878. The van der Waals surface area contributed by atoms with Crippen LogP contribution in [-0.4, -0.2) is 16.7 Å². The van der Waals surface area contributed by atoms with Gasteiger partial charge in [-0.25, -0.2) is 0 Å². The molecule has 0 saturated heterocycles. The molecule has 0 aliphatic rings. The lowest BCUT2D eigenvalue weighted by Crippen LogP contribution is -2.10. The number of nitrogen functional groups attached to an aromatic ring is 1. The molecule has 5 heteroatoms. The third kappa shape index (κ3) is 3.03. The summed E-state index contributed by atoms with van der Waals surface area (Å²) in [5.41, 5.74) is 10.0. The van der Waals surface area contributed by atoms with Gasteiger partial charge in [-0.15, -0.1) is 0 Å². The van der Waals surface area contributed by atoms with E-state index < -0.39 is 0 Å². The maximum Gasteiger partial charge on any atom is 0.167 e. The van der Waals surface area contributed by atoms with Gasteiger partial charge in [0.25, 0.3) is 0 Å². The Balaban J connectivity index is 1.92. The Hall–Kier alpha value is -3.21. The van der Waals surface area contributed by atoms with Gasteiger partial charge in [0, 0.05) is 28.5 Å². The molecule has 0 saturated carbocycles. The van der Waals surface area contributed by atoms with Crippen molar-refractivity contribution in [1.29, 1.82) is 10.8 Å². The van der Waals surface area contributed by atoms with E-state index in [0.29, 0.717) is 22.7 Å². The quantitative estimate of drug-likeness (QED) is 0.506. The highest BCUT2D eigenvalue weighted by Crippen LogP contribution is 2.26. The highest BCUT2D eigenvalue weighted by atomic mass is 16.5. The number of nitrogens with zero attached hydrogens (tertiary/aromatic N) is 1. The van der Waals surface area contributed by atoms with E-state index in [2.05, 4.69) is 5.16 Å². The minimum atomic E-state index is 0.0215. The molecule has 0 bridgehead atoms. The van der Waals surface area contributed by atoms with Crippen molar-refractivity contribution in [2.75, 3.05) is 0 Å². The van der Waals surface area contributed by atoms with Crippen molar-refractivity contribution in [3.63, 3.8) is 0 Å². The monoisotopic (exact) mass is 304 g/mol. The Morgan fingerprint density at radius 1 is 0.957 bits per heavy atom. The first kappa shape index (κ1) is 14.7. The van der Waals surface area contributed by atoms with Crippen molar-refractivity contribution in [2.45, 2.75) is 6.92 Å². The lowest BCUT2D eigenvalue weighted by molar-refractivity contribution is 0.435. The number of hydrogen-bond acceptors (Lipinski definition) is 4. The lowest BCUT2D eigenvalue weighted by Gasteiger charge is -2.00. The first-order valence-corrected chi connectivity index (χ1v) is 7.12. The summed E-state index contributed by atoms with van der Waals surface area (Å²) >= 11 is 0. The molecule has 3 aromatic rings. The molecule has 2 aromatic carbocycles. The van der Waals surface area contributed by atoms with E-state index >= 15 is 0 Å². The van der Waals surface area contributed by atoms with E-state index in [1.54, 1.807) is 13.0 Å². The Labute approximate surface area is 133 Å². The fourth-order valence-corrected chi connectivity index (χ4v) is 2.28. The average molecular weight is 304 g/mol. The lowest BCUT2D eigenvalue weighted by atomic mass is 10.0. The molecule has 0 aliphatic heterocycles. The molecule has 0 fully saturated rings.